The maximum Gasteiger partial charge on any atom is 0.266 e. The van der Waals surface area contributed by atoms with Gasteiger partial charge in [-0.2, -0.15) is 12.5 Å². The van der Waals surface area contributed by atoms with Crippen LogP contribution in [0.15, 0.2) is 40.0 Å². The van der Waals surface area contributed by atoms with Gasteiger partial charge < -0.3 is 4.42 Å². The summed E-state index contributed by atoms with van der Waals surface area (Å²) in [6.45, 7) is 0. The van der Waals surface area contributed by atoms with E-state index in [9.17, 15) is 25.6 Å². The van der Waals surface area contributed by atoms with Gasteiger partial charge in [-0.15, -0.1) is 0 Å². The molecule has 2 rings (SSSR count). The smallest absolute Gasteiger partial charge is 0.266 e. The second-order valence-electron chi connectivity index (χ2n) is 4.99. The summed E-state index contributed by atoms with van der Waals surface area (Å²) in [5, 5.41) is 0.213. The van der Waals surface area contributed by atoms with Crippen LogP contribution in [0, 0.1) is 0 Å². The third-order valence-corrected chi connectivity index (χ3v) is 6.92. The van der Waals surface area contributed by atoms with Crippen molar-refractivity contribution in [2.45, 2.75) is 11.6 Å². The quantitative estimate of drug-likeness (QED) is 0.509. The summed E-state index contributed by atoms with van der Waals surface area (Å²) in [6, 6.07) is 3.96. The van der Waals surface area contributed by atoms with Crippen LogP contribution in [0.1, 0.15) is 6.42 Å². The standard InChI is InChI=1S/C13H14F2N2O5S3/c1-24(18,19)17(25(2,20)21)9-5-6-10-11(8-9)22-13(16-10)23-7-3-4-12(14)15/h4-6,8H,3,7H2,1-2H3. The topological polar surface area (TPSA) is 97.6 Å². The van der Waals surface area contributed by atoms with Crippen molar-refractivity contribution in [3.05, 3.63) is 30.4 Å². The maximum absolute atomic E-state index is 12.0. The van der Waals surface area contributed by atoms with Gasteiger partial charge in [-0.05, 0) is 24.6 Å². The lowest BCUT2D eigenvalue weighted by Gasteiger charge is -2.19. The van der Waals surface area contributed by atoms with Crippen LogP contribution in [0.25, 0.3) is 11.1 Å². The summed E-state index contributed by atoms with van der Waals surface area (Å²) < 4.78 is 76.7. The minimum Gasteiger partial charge on any atom is -0.431 e. The number of sulfonamides is 2. The molecule has 0 N–H and O–H groups in total. The van der Waals surface area contributed by atoms with Gasteiger partial charge in [0.25, 0.3) is 11.3 Å². The Hall–Kier alpha value is -1.66. The maximum atomic E-state index is 12.0. The fraction of sp³-hybridized carbons (Fsp3) is 0.308. The summed E-state index contributed by atoms with van der Waals surface area (Å²) in [4.78, 5) is 4.12. The lowest BCUT2D eigenvalue weighted by molar-refractivity contribution is 0.418. The van der Waals surface area contributed by atoms with E-state index in [2.05, 4.69) is 4.98 Å². The van der Waals surface area contributed by atoms with Crippen LogP contribution in [-0.2, 0) is 20.0 Å². The van der Waals surface area contributed by atoms with Crippen LogP contribution in [0.4, 0.5) is 14.5 Å². The van der Waals surface area contributed by atoms with E-state index >= 15 is 0 Å². The van der Waals surface area contributed by atoms with Crippen molar-refractivity contribution in [2.24, 2.45) is 0 Å². The molecule has 0 spiro atoms. The van der Waals surface area contributed by atoms with Crippen LogP contribution in [0.2, 0.25) is 0 Å². The van der Waals surface area contributed by atoms with Crippen molar-refractivity contribution in [2.75, 3.05) is 22.0 Å². The molecule has 0 aliphatic carbocycles. The first-order valence-electron chi connectivity index (χ1n) is 6.73. The number of aromatic nitrogens is 1. The van der Waals surface area contributed by atoms with Gasteiger partial charge >= 0.3 is 0 Å². The fourth-order valence-electron chi connectivity index (χ4n) is 2.01. The zero-order chi connectivity index (χ0) is 18.8. The molecule has 7 nitrogen and oxygen atoms in total. The highest BCUT2D eigenvalue weighted by Gasteiger charge is 2.27. The number of allylic oxidation sites excluding steroid dienone is 1. The van der Waals surface area contributed by atoms with Crippen LogP contribution in [-0.4, -0.2) is 40.1 Å². The zero-order valence-corrected chi connectivity index (χ0v) is 15.6. The molecule has 138 valence electrons. The molecule has 0 amide bonds. The number of anilines is 1. The summed E-state index contributed by atoms with van der Waals surface area (Å²) in [5.41, 5.74) is 0.470. The third kappa shape index (κ3) is 5.16. The van der Waals surface area contributed by atoms with Gasteiger partial charge in [-0.25, -0.2) is 21.8 Å². The van der Waals surface area contributed by atoms with Crippen molar-refractivity contribution in [3.63, 3.8) is 0 Å². The van der Waals surface area contributed by atoms with Crippen LogP contribution in [0.5, 0.6) is 0 Å². The molecule has 0 aliphatic heterocycles. The first-order valence-corrected chi connectivity index (χ1v) is 11.4. The highest BCUT2D eigenvalue weighted by Crippen LogP contribution is 2.29. The van der Waals surface area contributed by atoms with Crippen LogP contribution < -0.4 is 3.71 Å². The minimum absolute atomic E-state index is 0.104. The average Bonchev–Trinajstić information content (AvgIpc) is 2.82. The molecule has 2 aromatic rings. The van der Waals surface area contributed by atoms with Crippen LogP contribution in [0.3, 0.4) is 0 Å². The Balaban J connectivity index is 2.32. The largest absolute Gasteiger partial charge is 0.431 e. The number of rotatable bonds is 7. The fourth-order valence-corrected chi connectivity index (χ4v) is 5.69. The van der Waals surface area contributed by atoms with E-state index in [4.69, 9.17) is 4.42 Å². The third-order valence-electron chi connectivity index (χ3n) is 2.81. The molecule has 0 saturated carbocycles. The average molecular weight is 412 g/mol. The number of thioether (sulfide) groups is 1. The van der Waals surface area contributed by atoms with E-state index < -0.39 is 26.1 Å². The molecule has 12 heteroatoms. The second kappa shape index (κ2) is 7.30. The number of hydrogen-bond donors (Lipinski definition) is 0. The van der Waals surface area contributed by atoms with E-state index in [1.807, 2.05) is 0 Å². The van der Waals surface area contributed by atoms with E-state index in [1.54, 1.807) is 0 Å². The van der Waals surface area contributed by atoms with Crippen molar-refractivity contribution >= 4 is 48.6 Å². The molecule has 0 saturated heterocycles. The number of halogens is 2. The molecule has 1 aromatic heterocycles. The van der Waals surface area contributed by atoms with Gasteiger partial charge in [0.1, 0.15) is 5.52 Å². The molecule has 0 radical (unpaired) electrons. The highest BCUT2D eigenvalue weighted by atomic mass is 32.3. The van der Waals surface area contributed by atoms with E-state index in [0.29, 0.717) is 15.0 Å². The molecule has 0 unspecified atom stereocenters. The molecular weight excluding hydrogens is 398 g/mol. The first kappa shape index (κ1) is 19.7. The van der Waals surface area contributed by atoms with Crippen molar-refractivity contribution in [3.8, 4) is 0 Å². The van der Waals surface area contributed by atoms with E-state index in [0.717, 1.165) is 30.3 Å². The Kier molecular flexibility index (Phi) is 5.74. The number of benzene rings is 1. The van der Waals surface area contributed by atoms with Crippen molar-refractivity contribution < 1.29 is 30.0 Å². The monoisotopic (exact) mass is 412 g/mol. The molecule has 0 atom stereocenters. The normalized spacial score (nSPS) is 12.3. The Bertz CT molecular complexity index is 979. The first-order chi connectivity index (χ1) is 11.5. The Morgan fingerprint density at radius 1 is 1.24 bits per heavy atom. The van der Waals surface area contributed by atoms with Gasteiger partial charge in [0.2, 0.25) is 20.0 Å². The van der Waals surface area contributed by atoms with Gasteiger partial charge in [0.05, 0.1) is 18.2 Å². The van der Waals surface area contributed by atoms with E-state index in [-0.39, 0.29) is 22.9 Å². The molecule has 1 heterocycles. The van der Waals surface area contributed by atoms with Gasteiger partial charge in [-0.1, -0.05) is 11.8 Å². The molecule has 25 heavy (non-hydrogen) atoms. The lowest BCUT2D eigenvalue weighted by Crippen LogP contribution is -2.35. The van der Waals surface area contributed by atoms with Crippen LogP contribution >= 0.6 is 11.8 Å². The predicted octanol–water partition coefficient (Wildman–Crippen LogP) is 2.82. The molecule has 1 aromatic carbocycles. The van der Waals surface area contributed by atoms with Crippen molar-refractivity contribution in [1.29, 1.82) is 0 Å². The molecule has 0 fully saturated rings. The summed E-state index contributed by atoms with van der Waals surface area (Å²) >= 11 is 1.11. The molecular formula is C13H14F2N2O5S3. The Morgan fingerprint density at radius 3 is 2.44 bits per heavy atom. The zero-order valence-electron chi connectivity index (χ0n) is 13.1. The Morgan fingerprint density at radius 2 is 1.88 bits per heavy atom. The predicted molar refractivity (Wildman–Crippen MR) is 91.8 cm³/mol. The summed E-state index contributed by atoms with van der Waals surface area (Å²) in [6.07, 6.45) is 0.704. The number of oxazole rings is 1. The number of nitrogens with zero attached hydrogens (tertiary/aromatic N) is 2. The van der Waals surface area contributed by atoms with Gasteiger partial charge in [0.15, 0.2) is 5.58 Å². The van der Waals surface area contributed by atoms with Crippen molar-refractivity contribution in [1.82, 2.24) is 4.98 Å². The SMILES string of the molecule is CS(=O)(=O)N(c1ccc2nc(SCCC=C(F)F)oc2c1)S(C)(=O)=O. The summed E-state index contributed by atoms with van der Waals surface area (Å²) in [7, 11) is -8.13. The molecule has 0 aliphatic rings. The van der Waals surface area contributed by atoms with Gasteiger partial charge in [-0.3, -0.25) is 0 Å². The van der Waals surface area contributed by atoms with Gasteiger partial charge in [0, 0.05) is 11.8 Å². The summed E-state index contributed by atoms with van der Waals surface area (Å²) in [5.74, 6) is 0.315. The van der Waals surface area contributed by atoms with E-state index in [1.165, 1.54) is 18.2 Å². The molecule has 0 bridgehead atoms. The number of fused-ring (bicyclic) bond motifs is 1. The highest BCUT2D eigenvalue weighted by molar-refractivity contribution is 8.09. The second-order valence-corrected chi connectivity index (χ2v) is 9.93. The minimum atomic E-state index is -4.06. The lowest BCUT2D eigenvalue weighted by atomic mass is 10.3. The number of hydrogen-bond acceptors (Lipinski definition) is 7. The Labute approximate surface area is 147 Å².